The van der Waals surface area contributed by atoms with Crippen molar-refractivity contribution in [2.24, 2.45) is 0 Å². The van der Waals surface area contributed by atoms with Crippen LogP contribution in [0, 0.1) is 0 Å². The van der Waals surface area contributed by atoms with Crippen LogP contribution in [0.2, 0.25) is 0 Å². The third kappa shape index (κ3) is 4.91. The van der Waals surface area contributed by atoms with Gasteiger partial charge in [0.05, 0.1) is 32.8 Å². The van der Waals surface area contributed by atoms with Gasteiger partial charge in [0.15, 0.2) is 5.82 Å². The Morgan fingerprint density at radius 2 is 1.20 bits per heavy atom. The Labute approximate surface area is 326 Å². The lowest BCUT2D eigenvalue weighted by molar-refractivity contribution is 0.672. The van der Waals surface area contributed by atoms with E-state index in [0.717, 1.165) is 84.3 Å². The molecule has 0 spiro atoms. The largest absolute Gasteiger partial charge is 0.455 e. The first-order valence-electron chi connectivity index (χ1n) is 18.9. The van der Waals surface area contributed by atoms with Gasteiger partial charge in [-0.05, 0) is 71.5 Å². The molecule has 8 aromatic carbocycles. The molecule has 0 bridgehead atoms. The van der Waals surface area contributed by atoms with Crippen molar-refractivity contribution >= 4 is 81.3 Å². The standard InChI is InChI=1S/C51H31N3OS/c1-3-13-31(14-4-1)42-30-43(53-51(52-42)32-15-5-2-6-16-32)40-29-41-48-44(21-12-23-46(48)55-49(41)38-19-8-7-17-36(38)40)54(35-26-25-33-27-34(33)28-35)45-22-11-20-39-37-18-9-10-24-47(37)56-50(39)45/h1-26,28-30H,27H2. The zero-order valence-electron chi connectivity index (χ0n) is 30.1. The van der Waals surface area contributed by atoms with Crippen LogP contribution in [0.25, 0.3) is 86.8 Å². The molecule has 0 unspecified atom stereocenters. The van der Waals surface area contributed by atoms with E-state index < -0.39 is 0 Å². The molecule has 12 rings (SSSR count). The molecular formula is C51H31N3OS. The SMILES string of the molecule is c1ccc(-c2cc(-c3cc4c(oc5cccc(N(c6ccc7c(c6)C7)c6cccc7c6sc6ccccc67)c54)c4ccccc34)nc(-c3ccccc3)n2)cc1. The number of hydrogen-bond acceptors (Lipinski definition) is 5. The van der Waals surface area contributed by atoms with E-state index in [9.17, 15) is 0 Å². The molecule has 11 aromatic rings. The minimum atomic E-state index is 0.691. The summed E-state index contributed by atoms with van der Waals surface area (Å²) in [5, 5.41) is 6.79. The molecule has 0 N–H and O–H groups in total. The lowest BCUT2D eigenvalue weighted by Crippen LogP contribution is -2.10. The average molecular weight is 734 g/mol. The molecule has 0 saturated heterocycles. The topological polar surface area (TPSA) is 42.2 Å². The Balaban J connectivity index is 1.15. The summed E-state index contributed by atoms with van der Waals surface area (Å²) < 4.78 is 9.46. The third-order valence-electron chi connectivity index (χ3n) is 11.2. The van der Waals surface area contributed by atoms with Crippen LogP contribution in [0.15, 0.2) is 180 Å². The van der Waals surface area contributed by atoms with Gasteiger partial charge in [-0.3, -0.25) is 0 Å². The number of rotatable bonds is 6. The van der Waals surface area contributed by atoms with Gasteiger partial charge in [-0.2, -0.15) is 0 Å². The number of fused-ring (bicyclic) bond motifs is 9. The van der Waals surface area contributed by atoms with Crippen molar-refractivity contribution in [3.05, 3.63) is 187 Å². The maximum atomic E-state index is 6.92. The normalized spacial score (nSPS) is 12.2. The van der Waals surface area contributed by atoms with Crippen molar-refractivity contribution in [3.63, 3.8) is 0 Å². The molecule has 0 atom stereocenters. The first-order chi connectivity index (χ1) is 27.7. The Hall–Kier alpha value is -7.08. The Morgan fingerprint density at radius 1 is 0.500 bits per heavy atom. The van der Waals surface area contributed by atoms with Crippen LogP contribution in [-0.2, 0) is 6.42 Å². The maximum absolute atomic E-state index is 6.92. The molecule has 56 heavy (non-hydrogen) atoms. The average Bonchev–Trinajstić information content (AvgIpc) is 3.79. The number of furan rings is 1. The van der Waals surface area contributed by atoms with Gasteiger partial charge < -0.3 is 9.32 Å². The molecular weight excluding hydrogens is 703 g/mol. The summed E-state index contributed by atoms with van der Waals surface area (Å²) in [6, 6.07) is 62.4. The van der Waals surface area contributed by atoms with Gasteiger partial charge in [0, 0.05) is 48.6 Å². The summed E-state index contributed by atoms with van der Waals surface area (Å²) in [5.41, 5.74) is 12.7. The number of benzene rings is 8. The van der Waals surface area contributed by atoms with Gasteiger partial charge in [-0.25, -0.2) is 9.97 Å². The summed E-state index contributed by atoms with van der Waals surface area (Å²) in [7, 11) is 0. The fraction of sp³-hybridized carbons (Fsp3) is 0.0196. The highest BCUT2D eigenvalue weighted by Gasteiger charge is 2.26. The van der Waals surface area contributed by atoms with Gasteiger partial charge in [-0.1, -0.05) is 127 Å². The lowest BCUT2D eigenvalue weighted by atomic mass is 9.96. The predicted octanol–water partition coefficient (Wildman–Crippen LogP) is 14.3. The molecule has 0 amide bonds. The van der Waals surface area contributed by atoms with E-state index in [1.165, 1.54) is 31.3 Å². The van der Waals surface area contributed by atoms with Crippen LogP contribution in [0.1, 0.15) is 11.1 Å². The molecule has 4 nitrogen and oxygen atoms in total. The number of aromatic nitrogens is 2. The molecule has 262 valence electrons. The second-order valence-electron chi connectivity index (χ2n) is 14.5. The lowest BCUT2D eigenvalue weighted by Gasteiger charge is -2.26. The third-order valence-corrected chi connectivity index (χ3v) is 12.4. The zero-order chi connectivity index (χ0) is 36.7. The maximum Gasteiger partial charge on any atom is 0.160 e. The fourth-order valence-corrected chi connectivity index (χ4v) is 9.63. The predicted molar refractivity (Wildman–Crippen MR) is 234 cm³/mol. The van der Waals surface area contributed by atoms with E-state index >= 15 is 0 Å². The number of hydrogen-bond donors (Lipinski definition) is 0. The molecule has 0 aliphatic heterocycles. The van der Waals surface area contributed by atoms with Crippen molar-refractivity contribution in [2.45, 2.75) is 6.42 Å². The van der Waals surface area contributed by atoms with Gasteiger partial charge >= 0.3 is 0 Å². The van der Waals surface area contributed by atoms with Crippen LogP contribution in [0.3, 0.4) is 0 Å². The summed E-state index contributed by atoms with van der Waals surface area (Å²) >= 11 is 1.86. The number of thiophene rings is 1. The molecule has 3 heterocycles. The molecule has 0 radical (unpaired) electrons. The van der Waals surface area contributed by atoms with Crippen molar-refractivity contribution < 1.29 is 4.42 Å². The highest BCUT2D eigenvalue weighted by Crippen LogP contribution is 2.50. The highest BCUT2D eigenvalue weighted by atomic mass is 32.1. The van der Waals surface area contributed by atoms with E-state index in [2.05, 4.69) is 157 Å². The smallest absolute Gasteiger partial charge is 0.160 e. The van der Waals surface area contributed by atoms with Crippen molar-refractivity contribution in [3.8, 4) is 33.9 Å². The monoisotopic (exact) mass is 733 g/mol. The molecule has 3 aromatic heterocycles. The molecule has 0 fully saturated rings. The van der Waals surface area contributed by atoms with Gasteiger partial charge in [0.1, 0.15) is 11.2 Å². The van der Waals surface area contributed by atoms with E-state index in [-0.39, 0.29) is 0 Å². The van der Waals surface area contributed by atoms with Gasteiger partial charge in [-0.15, -0.1) is 11.3 Å². The van der Waals surface area contributed by atoms with Crippen LogP contribution in [-0.4, -0.2) is 9.97 Å². The molecule has 5 heteroatoms. The van der Waals surface area contributed by atoms with E-state index in [0.29, 0.717) is 5.82 Å². The second kappa shape index (κ2) is 12.2. The Kier molecular flexibility index (Phi) is 6.83. The van der Waals surface area contributed by atoms with Crippen LogP contribution < -0.4 is 4.90 Å². The van der Waals surface area contributed by atoms with Crippen molar-refractivity contribution in [1.29, 1.82) is 0 Å². The van der Waals surface area contributed by atoms with Crippen molar-refractivity contribution in [1.82, 2.24) is 9.97 Å². The summed E-state index contributed by atoms with van der Waals surface area (Å²) in [4.78, 5) is 12.8. The van der Waals surface area contributed by atoms with Crippen LogP contribution >= 0.6 is 11.3 Å². The van der Waals surface area contributed by atoms with Gasteiger partial charge in [0.25, 0.3) is 0 Å². The molecule has 1 aliphatic carbocycles. The quantitative estimate of drug-likeness (QED) is 0.171. The molecule has 1 aliphatic rings. The summed E-state index contributed by atoms with van der Waals surface area (Å²) in [5.74, 6) is 0.691. The minimum Gasteiger partial charge on any atom is -0.455 e. The Morgan fingerprint density at radius 3 is 2.04 bits per heavy atom. The fourth-order valence-electron chi connectivity index (χ4n) is 8.42. The first-order valence-corrected chi connectivity index (χ1v) is 19.8. The zero-order valence-corrected chi connectivity index (χ0v) is 30.9. The van der Waals surface area contributed by atoms with E-state index in [4.69, 9.17) is 14.4 Å². The van der Waals surface area contributed by atoms with Crippen LogP contribution in [0.5, 0.6) is 0 Å². The van der Waals surface area contributed by atoms with Crippen LogP contribution in [0.4, 0.5) is 17.1 Å². The number of anilines is 3. The van der Waals surface area contributed by atoms with Gasteiger partial charge in [0.2, 0.25) is 0 Å². The summed E-state index contributed by atoms with van der Waals surface area (Å²) in [6.07, 6.45) is 1.05. The number of nitrogens with zero attached hydrogens (tertiary/aromatic N) is 3. The second-order valence-corrected chi connectivity index (χ2v) is 15.6. The first kappa shape index (κ1) is 31.3. The highest BCUT2D eigenvalue weighted by molar-refractivity contribution is 7.26. The summed E-state index contributed by atoms with van der Waals surface area (Å²) in [6.45, 7) is 0. The Bertz CT molecular complexity index is 3290. The van der Waals surface area contributed by atoms with Crippen molar-refractivity contribution in [2.75, 3.05) is 4.90 Å². The van der Waals surface area contributed by atoms with E-state index in [1.807, 2.05) is 35.6 Å². The minimum absolute atomic E-state index is 0.691. The molecule has 0 saturated carbocycles. The van der Waals surface area contributed by atoms with E-state index in [1.54, 1.807) is 0 Å².